The molecule has 0 aliphatic heterocycles. The van der Waals surface area contributed by atoms with Crippen LogP contribution in [-0.4, -0.2) is 25.7 Å². The second-order valence-corrected chi connectivity index (χ2v) is 5.30. The fourth-order valence-electron chi connectivity index (χ4n) is 2.56. The summed E-state index contributed by atoms with van der Waals surface area (Å²) >= 11 is 0. The lowest BCUT2D eigenvalue weighted by Gasteiger charge is -2.27. The van der Waals surface area contributed by atoms with E-state index in [9.17, 15) is 4.79 Å². The number of esters is 1. The van der Waals surface area contributed by atoms with E-state index in [-0.39, 0.29) is 12.0 Å². The van der Waals surface area contributed by atoms with Gasteiger partial charge in [-0.05, 0) is 31.2 Å². The molecule has 17 heavy (non-hydrogen) atoms. The van der Waals surface area contributed by atoms with Crippen LogP contribution in [0.4, 0.5) is 0 Å². The highest BCUT2D eigenvalue weighted by Gasteiger charge is 2.25. The van der Waals surface area contributed by atoms with Crippen LogP contribution in [0.1, 0.15) is 52.4 Å². The normalized spacial score (nSPS) is 20.9. The Bertz CT molecular complexity index is 224. The summed E-state index contributed by atoms with van der Waals surface area (Å²) in [6, 6.07) is -0.132. The Morgan fingerprint density at radius 2 is 2.00 bits per heavy atom. The number of rotatable bonds is 6. The third-order valence-electron chi connectivity index (χ3n) is 4.02. The van der Waals surface area contributed by atoms with E-state index >= 15 is 0 Å². The molecule has 0 aromatic heterocycles. The van der Waals surface area contributed by atoms with Gasteiger partial charge in [-0.25, -0.2) is 0 Å². The molecule has 2 atom stereocenters. The minimum Gasteiger partial charge on any atom is -0.468 e. The second kappa shape index (κ2) is 7.70. The minimum absolute atomic E-state index is 0.116. The zero-order valence-corrected chi connectivity index (χ0v) is 11.5. The van der Waals surface area contributed by atoms with Crippen molar-refractivity contribution >= 4 is 5.97 Å². The Balaban J connectivity index is 2.39. The summed E-state index contributed by atoms with van der Waals surface area (Å²) in [5.41, 5.74) is 0. The Labute approximate surface area is 105 Å². The largest absolute Gasteiger partial charge is 0.468 e. The van der Waals surface area contributed by atoms with Crippen LogP contribution < -0.4 is 5.32 Å². The van der Waals surface area contributed by atoms with E-state index < -0.39 is 0 Å². The number of nitrogens with one attached hydrogen (secondary N) is 1. The van der Waals surface area contributed by atoms with Crippen LogP contribution in [0, 0.1) is 11.8 Å². The first kappa shape index (κ1) is 14.5. The lowest BCUT2D eigenvalue weighted by Crippen LogP contribution is -2.44. The fraction of sp³-hybridized carbons (Fsp3) is 0.929. The first-order valence-corrected chi connectivity index (χ1v) is 7.00. The van der Waals surface area contributed by atoms with Crippen molar-refractivity contribution in [1.29, 1.82) is 0 Å². The summed E-state index contributed by atoms with van der Waals surface area (Å²) in [6.07, 6.45) is 7.68. The van der Waals surface area contributed by atoms with Crippen LogP contribution in [-0.2, 0) is 9.53 Å². The molecule has 3 nitrogen and oxygen atoms in total. The topological polar surface area (TPSA) is 38.3 Å². The SMILES string of the molecule is CCC(C)C(NCC1CCCCC1)C(=O)OC. The predicted octanol–water partition coefficient (Wildman–Crippen LogP) is 2.74. The van der Waals surface area contributed by atoms with Crippen molar-refractivity contribution in [2.75, 3.05) is 13.7 Å². The van der Waals surface area contributed by atoms with Gasteiger partial charge in [0.25, 0.3) is 0 Å². The van der Waals surface area contributed by atoms with Gasteiger partial charge in [0.05, 0.1) is 7.11 Å². The summed E-state index contributed by atoms with van der Waals surface area (Å²) in [7, 11) is 1.47. The van der Waals surface area contributed by atoms with Crippen molar-refractivity contribution < 1.29 is 9.53 Å². The van der Waals surface area contributed by atoms with Crippen LogP contribution >= 0.6 is 0 Å². The molecule has 0 amide bonds. The van der Waals surface area contributed by atoms with E-state index in [1.165, 1.54) is 39.2 Å². The smallest absolute Gasteiger partial charge is 0.323 e. The molecule has 1 rings (SSSR count). The molecule has 0 radical (unpaired) electrons. The molecule has 100 valence electrons. The average molecular weight is 241 g/mol. The summed E-state index contributed by atoms with van der Waals surface area (Å²) < 4.78 is 4.87. The molecule has 3 heteroatoms. The van der Waals surface area contributed by atoms with Crippen LogP contribution in [0.15, 0.2) is 0 Å². The Kier molecular flexibility index (Phi) is 6.56. The van der Waals surface area contributed by atoms with E-state index in [0.29, 0.717) is 5.92 Å². The summed E-state index contributed by atoms with van der Waals surface area (Å²) in [4.78, 5) is 11.7. The summed E-state index contributed by atoms with van der Waals surface area (Å²) in [6.45, 7) is 5.18. The average Bonchev–Trinajstić information content (AvgIpc) is 2.39. The highest BCUT2D eigenvalue weighted by molar-refractivity contribution is 5.75. The summed E-state index contributed by atoms with van der Waals surface area (Å²) in [5, 5.41) is 3.42. The van der Waals surface area contributed by atoms with E-state index in [1.807, 2.05) is 0 Å². The van der Waals surface area contributed by atoms with Gasteiger partial charge in [0.15, 0.2) is 0 Å². The van der Waals surface area contributed by atoms with Gasteiger partial charge >= 0.3 is 5.97 Å². The quantitative estimate of drug-likeness (QED) is 0.727. The Morgan fingerprint density at radius 3 is 2.53 bits per heavy atom. The first-order chi connectivity index (χ1) is 8.19. The monoisotopic (exact) mass is 241 g/mol. The lowest BCUT2D eigenvalue weighted by atomic mass is 9.88. The van der Waals surface area contributed by atoms with E-state index in [2.05, 4.69) is 19.2 Å². The van der Waals surface area contributed by atoms with Gasteiger partial charge in [-0.2, -0.15) is 0 Å². The second-order valence-electron chi connectivity index (χ2n) is 5.30. The molecule has 1 aliphatic rings. The van der Waals surface area contributed by atoms with Gasteiger partial charge in [0.2, 0.25) is 0 Å². The lowest BCUT2D eigenvalue weighted by molar-refractivity contribution is -0.144. The van der Waals surface area contributed by atoms with Crippen molar-refractivity contribution in [3.05, 3.63) is 0 Å². The molecule has 0 saturated heterocycles. The van der Waals surface area contributed by atoms with Gasteiger partial charge in [-0.3, -0.25) is 4.79 Å². The van der Waals surface area contributed by atoms with Crippen molar-refractivity contribution in [1.82, 2.24) is 5.32 Å². The number of hydrogen-bond acceptors (Lipinski definition) is 3. The van der Waals surface area contributed by atoms with E-state index in [4.69, 9.17) is 4.74 Å². The highest BCUT2D eigenvalue weighted by atomic mass is 16.5. The van der Waals surface area contributed by atoms with Gasteiger partial charge < -0.3 is 10.1 Å². The number of hydrogen-bond donors (Lipinski definition) is 1. The van der Waals surface area contributed by atoms with Crippen LogP contribution in [0.2, 0.25) is 0 Å². The van der Waals surface area contributed by atoms with E-state index in [0.717, 1.165) is 18.9 Å². The zero-order valence-electron chi connectivity index (χ0n) is 11.5. The molecule has 1 saturated carbocycles. The maximum absolute atomic E-state index is 11.7. The molecule has 0 heterocycles. The maximum Gasteiger partial charge on any atom is 0.323 e. The molecule has 0 spiro atoms. The molecule has 0 bridgehead atoms. The third-order valence-corrected chi connectivity index (χ3v) is 4.02. The number of methoxy groups -OCH3 is 1. The van der Waals surface area contributed by atoms with Crippen molar-refractivity contribution in [2.24, 2.45) is 11.8 Å². The molecule has 0 aromatic rings. The molecule has 2 unspecified atom stereocenters. The van der Waals surface area contributed by atoms with E-state index in [1.54, 1.807) is 0 Å². The van der Waals surface area contributed by atoms with Gasteiger partial charge in [-0.15, -0.1) is 0 Å². The van der Waals surface area contributed by atoms with Crippen molar-refractivity contribution in [3.8, 4) is 0 Å². The van der Waals surface area contributed by atoms with Crippen molar-refractivity contribution in [2.45, 2.75) is 58.4 Å². The molecule has 1 aliphatic carbocycles. The molecular formula is C14H27NO2. The van der Waals surface area contributed by atoms with Crippen molar-refractivity contribution in [3.63, 3.8) is 0 Å². The number of ether oxygens (including phenoxy) is 1. The van der Waals surface area contributed by atoms with Crippen LogP contribution in [0.5, 0.6) is 0 Å². The highest BCUT2D eigenvalue weighted by Crippen LogP contribution is 2.23. The zero-order chi connectivity index (χ0) is 12.7. The van der Waals surface area contributed by atoms with Gasteiger partial charge in [0, 0.05) is 0 Å². The predicted molar refractivity (Wildman–Crippen MR) is 69.8 cm³/mol. The van der Waals surface area contributed by atoms with Gasteiger partial charge in [-0.1, -0.05) is 39.5 Å². The number of carbonyl (C=O) groups is 1. The van der Waals surface area contributed by atoms with Crippen LogP contribution in [0.25, 0.3) is 0 Å². The molecule has 1 N–H and O–H groups in total. The molecule has 1 fully saturated rings. The standard InChI is InChI=1S/C14H27NO2/c1-4-11(2)13(14(16)17-3)15-10-12-8-6-5-7-9-12/h11-13,15H,4-10H2,1-3H3. The molecular weight excluding hydrogens is 214 g/mol. The van der Waals surface area contributed by atoms with Crippen LogP contribution in [0.3, 0.4) is 0 Å². The third kappa shape index (κ3) is 4.66. The Hall–Kier alpha value is -0.570. The van der Waals surface area contributed by atoms with Gasteiger partial charge in [0.1, 0.15) is 6.04 Å². The molecule has 0 aromatic carbocycles. The summed E-state index contributed by atoms with van der Waals surface area (Å²) in [5.74, 6) is 0.973. The Morgan fingerprint density at radius 1 is 1.35 bits per heavy atom. The minimum atomic E-state index is -0.132. The maximum atomic E-state index is 11.7. The number of carbonyl (C=O) groups excluding carboxylic acids is 1. The first-order valence-electron chi connectivity index (χ1n) is 7.00. The fourth-order valence-corrected chi connectivity index (χ4v) is 2.56.